The van der Waals surface area contributed by atoms with Crippen molar-refractivity contribution in [3.05, 3.63) is 71.8 Å². The zero-order valence-electron chi connectivity index (χ0n) is 14.8. The van der Waals surface area contributed by atoms with Crippen LogP contribution in [0, 0.1) is 0 Å². The second-order valence-corrected chi connectivity index (χ2v) is 5.34. The lowest BCUT2D eigenvalue weighted by molar-refractivity contribution is -0.137. The maximum Gasteiger partial charge on any atom is 0.315 e. The molecule has 0 unspecified atom stereocenters. The minimum atomic E-state index is -0.822. The van der Waals surface area contributed by atoms with E-state index in [0.717, 1.165) is 30.8 Å². The van der Waals surface area contributed by atoms with Crippen molar-refractivity contribution >= 4 is 18.4 Å². The second-order valence-electron chi connectivity index (χ2n) is 5.34. The molecule has 0 spiro atoms. The van der Waals surface area contributed by atoms with E-state index in [-0.39, 0.29) is 19.0 Å². The first kappa shape index (κ1) is 23.1. The van der Waals surface area contributed by atoms with Gasteiger partial charge in [-0.05, 0) is 24.2 Å². The Morgan fingerprint density at radius 3 is 1.56 bits per heavy atom. The molecule has 0 heterocycles. The molecular formula is C20H28ClNO3. The van der Waals surface area contributed by atoms with Crippen molar-refractivity contribution in [3.8, 4) is 0 Å². The lowest BCUT2D eigenvalue weighted by Gasteiger charge is -2.15. The molecule has 2 N–H and O–H groups in total. The lowest BCUT2D eigenvalue weighted by Crippen LogP contribution is -2.25. The number of halogens is 1. The van der Waals surface area contributed by atoms with Crippen LogP contribution < -0.4 is 0 Å². The Kier molecular flexibility index (Phi) is 12.4. The van der Waals surface area contributed by atoms with Crippen LogP contribution in [0.15, 0.2) is 60.7 Å². The summed E-state index contributed by atoms with van der Waals surface area (Å²) in [6.07, 6.45) is 0. The summed E-state index contributed by atoms with van der Waals surface area (Å²) in [5.41, 5.74) is 1.61. The van der Waals surface area contributed by atoms with Crippen LogP contribution in [0.25, 0.3) is 0 Å². The van der Waals surface area contributed by atoms with Gasteiger partial charge in [-0.1, -0.05) is 74.5 Å². The topological polar surface area (TPSA) is 60.8 Å². The number of nitrogens with zero attached hydrogens (tertiary/aromatic N) is 1. The summed E-state index contributed by atoms with van der Waals surface area (Å²) >= 11 is 0. The molecule has 0 fully saturated rings. The normalized spacial score (nSPS) is 9.96. The second kappa shape index (κ2) is 13.4. The van der Waals surface area contributed by atoms with E-state index in [4.69, 9.17) is 5.11 Å². The molecule has 0 radical (unpaired) electrons. The molecule has 138 valence electrons. The Balaban J connectivity index is 0.000000552. The first-order valence-corrected chi connectivity index (χ1v) is 8.29. The SMILES string of the molecule is CCN(CC)CCO.Cl.O=C(O)C(c1ccccc1)c1ccccc1. The summed E-state index contributed by atoms with van der Waals surface area (Å²) < 4.78 is 0. The van der Waals surface area contributed by atoms with Gasteiger partial charge in [-0.2, -0.15) is 0 Å². The van der Waals surface area contributed by atoms with Crippen molar-refractivity contribution in [2.75, 3.05) is 26.2 Å². The first-order valence-electron chi connectivity index (χ1n) is 8.29. The van der Waals surface area contributed by atoms with Gasteiger partial charge in [0.25, 0.3) is 0 Å². The minimum Gasteiger partial charge on any atom is -0.481 e. The van der Waals surface area contributed by atoms with Gasteiger partial charge in [-0.25, -0.2) is 0 Å². The molecule has 0 aromatic heterocycles. The van der Waals surface area contributed by atoms with Crippen LogP contribution in [-0.2, 0) is 4.79 Å². The molecule has 0 amide bonds. The first-order chi connectivity index (χ1) is 11.6. The summed E-state index contributed by atoms with van der Waals surface area (Å²) in [5, 5.41) is 17.7. The number of aliphatic hydroxyl groups excluding tert-OH is 1. The van der Waals surface area contributed by atoms with Crippen molar-refractivity contribution in [2.45, 2.75) is 19.8 Å². The van der Waals surface area contributed by atoms with Crippen molar-refractivity contribution in [1.29, 1.82) is 0 Å². The average Bonchev–Trinajstić information content (AvgIpc) is 2.62. The number of likely N-dealkylation sites (N-methyl/N-ethyl adjacent to an activating group) is 1. The largest absolute Gasteiger partial charge is 0.481 e. The third-order valence-corrected chi connectivity index (χ3v) is 3.82. The molecule has 2 rings (SSSR count). The van der Waals surface area contributed by atoms with E-state index in [1.807, 2.05) is 60.7 Å². The van der Waals surface area contributed by atoms with Gasteiger partial charge in [0.1, 0.15) is 5.92 Å². The number of carbonyl (C=O) groups is 1. The van der Waals surface area contributed by atoms with Crippen LogP contribution in [0.2, 0.25) is 0 Å². The molecule has 0 atom stereocenters. The molecule has 0 aliphatic rings. The van der Waals surface area contributed by atoms with Gasteiger partial charge in [0, 0.05) is 6.54 Å². The predicted molar refractivity (Wildman–Crippen MR) is 104 cm³/mol. The molecule has 0 saturated heterocycles. The average molecular weight is 366 g/mol. The number of carboxylic acid groups (broad SMARTS) is 1. The summed E-state index contributed by atoms with van der Waals surface area (Å²) in [7, 11) is 0. The Morgan fingerprint density at radius 2 is 1.32 bits per heavy atom. The zero-order chi connectivity index (χ0) is 17.8. The maximum atomic E-state index is 11.3. The number of carboxylic acids is 1. The molecule has 2 aromatic rings. The molecule has 25 heavy (non-hydrogen) atoms. The van der Waals surface area contributed by atoms with Crippen molar-refractivity contribution in [3.63, 3.8) is 0 Å². The standard InChI is InChI=1S/C14H12O2.C6H15NO.ClH/c15-14(16)13(11-7-3-1-4-8-11)12-9-5-2-6-10-12;1-3-7(4-2)5-6-8;/h1-10,13H,(H,15,16);8H,3-6H2,1-2H3;1H. The predicted octanol–water partition coefficient (Wildman–Crippen LogP) is 3.65. The van der Waals surface area contributed by atoms with Crippen LogP contribution >= 0.6 is 12.4 Å². The van der Waals surface area contributed by atoms with Crippen molar-refractivity contribution in [2.24, 2.45) is 0 Å². The Hall–Kier alpha value is -1.88. The smallest absolute Gasteiger partial charge is 0.315 e. The summed E-state index contributed by atoms with van der Waals surface area (Å²) in [6.45, 7) is 7.36. The molecule has 2 aromatic carbocycles. The van der Waals surface area contributed by atoms with Crippen LogP contribution in [0.3, 0.4) is 0 Å². The van der Waals surface area contributed by atoms with E-state index >= 15 is 0 Å². The van der Waals surface area contributed by atoms with Gasteiger partial charge in [-0.15, -0.1) is 12.4 Å². The van der Waals surface area contributed by atoms with Gasteiger partial charge >= 0.3 is 5.97 Å². The fraction of sp³-hybridized carbons (Fsp3) is 0.350. The fourth-order valence-corrected chi connectivity index (χ4v) is 2.45. The summed E-state index contributed by atoms with van der Waals surface area (Å²) in [5.74, 6) is -1.40. The van der Waals surface area contributed by atoms with Crippen LogP contribution in [-0.4, -0.2) is 47.3 Å². The molecule has 0 aliphatic carbocycles. The van der Waals surface area contributed by atoms with E-state index < -0.39 is 11.9 Å². The molecular weight excluding hydrogens is 338 g/mol. The van der Waals surface area contributed by atoms with Crippen LogP contribution in [0.4, 0.5) is 0 Å². The highest BCUT2D eigenvalue weighted by Gasteiger charge is 2.21. The lowest BCUT2D eigenvalue weighted by atomic mass is 9.92. The number of rotatable bonds is 7. The van der Waals surface area contributed by atoms with Crippen molar-refractivity contribution in [1.82, 2.24) is 4.90 Å². The van der Waals surface area contributed by atoms with E-state index in [1.165, 1.54) is 0 Å². The number of aliphatic carboxylic acids is 1. The van der Waals surface area contributed by atoms with E-state index in [9.17, 15) is 9.90 Å². The van der Waals surface area contributed by atoms with E-state index in [2.05, 4.69) is 18.7 Å². The van der Waals surface area contributed by atoms with E-state index in [1.54, 1.807) is 0 Å². The number of hydrogen-bond donors (Lipinski definition) is 2. The van der Waals surface area contributed by atoms with Gasteiger partial charge in [0.2, 0.25) is 0 Å². The van der Waals surface area contributed by atoms with Gasteiger partial charge in [-0.3, -0.25) is 4.79 Å². The summed E-state index contributed by atoms with van der Waals surface area (Å²) in [6, 6.07) is 18.5. The maximum absolute atomic E-state index is 11.3. The molecule has 0 saturated carbocycles. The number of benzene rings is 2. The quantitative estimate of drug-likeness (QED) is 0.786. The molecule has 0 aliphatic heterocycles. The van der Waals surface area contributed by atoms with Gasteiger partial charge in [0.15, 0.2) is 0 Å². The van der Waals surface area contributed by atoms with Gasteiger partial charge < -0.3 is 15.1 Å². The third kappa shape index (κ3) is 8.16. The highest BCUT2D eigenvalue weighted by molar-refractivity contribution is 5.85. The number of aliphatic hydroxyl groups is 1. The monoisotopic (exact) mass is 365 g/mol. The Labute approximate surface area is 156 Å². The number of hydrogen-bond acceptors (Lipinski definition) is 3. The summed E-state index contributed by atoms with van der Waals surface area (Å²) in [4.78, 5) is 13.5. The molecule has 0 bridgehead atoms. The van der Waals surface area contributed by atoms with E-state index in [0.29, 0.717) is 0 Å². The fourth-order valence-electron chi connectivity index (χ4n) is 2.45. The van der Waals surface area contributed by atoms with Crippen molar-refractivity contribution < 1.29 is 15.0 Å². The molecule has 5 heteroatoms. The highest BCUT2D eigenvalue weighted by atomic mass is 35.5. The minimum absolute atomic E-state index is 0. The Bertz CT molecular complexity index is 535. The zero-order valence-corrected chi connectivity index (χ0v) is 15.7. The van der Waals surface area contributed by atoms with Crippen LogP contribution in [0.1, 0.15) is 30.9 Å². The third-order valence-electron chi connectivity index (χ3n) is 3.82. The molecule has 4 nitrogen and oxygen atoms in total. The van der Waals surface area contributed by atoms with Gasteiger partial charge in [0.05, 0.1) is 6.61 Å². The van der Waals surface area contributed by atoms with Crippen LogP contribution in [0.5, 0.6) is 0 Å². The Morgan fingerprint density at radius 1 is 0.920 bits per heavy atom. The highest BCUT2D eigenvalue weighted by Crippen LogP contribution is 2.24.